The maximum Gasteiger partial charge on any atom is 0.248 e. The van der Waals surface area contributed by atoms with Crippen LogP contribution in [0.25, 0.3) is 0 Å². The molecule has 0 fully saturated rings. The molecule has 0 aliphatic rings. The van der Waals surface area contributed by atoms with Crippen molar-refractivity contribution in [3.63, 3.8) is 0 Å². The Balaban J connectivity index is 1.64. The average Bonchev–Trinajstić information content (AvgIpc) is 2.64. The van der Waals surface area contributed by atoms with E-state index in [4.69, 9.17) is 11.6 Å². The van der Waals surface area contributed by atoms with Gasteiger partial charge < -0.3 is 0 Å². The molecule has 0 saturated heterocycles. The van der Waals surface area contributed by atoms with Crippen LogP contribution in [-0.2, 0) is 22.4 Å². The number of carbonyl (C=O) groups is 2. The van der Waals surface area contributed by atoms with Crippen molar-refractivity contribution in [2.75, 3.05) is 5.75 Å². The number of halogens is 1. The highest BCUT2D eigenvalue weighted by Gasteiger charge is 2.06. The molecule has 0 heterocycles. The van der Waals surface area contributed by atoms with Crippen LogP contribution in [0.3, 0.4) is 0 Å². The van der Waals surface area contributed by atoms with E-state index in [9.17, 15) is 9.59 Å². The van der Waals surface area contributed by atoms with E-state index >= 15 is 0 Å². The Morgan fingerprint density at radius 1 is 0.920 bits per heavy atom. The van der Waals surface area contributed by atoms with Gasteiger partial charge in [0.1, 0.15) is 0 Å². The molecule has 2 N–H and O–H groups in total. The van der Waals surface area contributed by atoms with Gasteiger partial charge in [-0.2, -0.15) is 0 Å². The third-order valence-electron chi connectivity index (χ3n) is 3.60. The number of carbonyl (C=O) groups excluding carboxylic acids is 2. The van der Waals surface area contributed by atoms with E-state index < -0.39 is 0 Å². The highest BCUT2D eigenvalue weighted by atomic mass is 35.5. The van der Waals surface area contributed by atoms with E-state index in [1.54, 1.807) is 12.1 Å². The van der Waals surface area contributed by atoms with Crippen LogP contribution in [0.5, 0.6) is 0 Å². The number of aryl methyl sites for hydroxylation is 2. The van der Waals surface area contributed by atoms with Gasteiger partial charge in [-0.05, 0) is 48.2 Å². The summed E-state index contributed by atoms with van der Waals surface area (Å²) >= 11 is 7.19. The summed E-state index contributed by atoms with van der Waals surface area (Å²) in [7, 11) is 0. The van der Waals surface area contributed by atoms with Gasteiger partial charge in [0.15, 0.2) is 0 Å². The van der Waals surface area contributed by atoms with Crippen molar-refractivity contribution in [2.24, 2.45) is 0 Å². The summed E-state index contributed by atoms with van der Waals surface area (Å²) < 4.78 is 0. The van der Waals surface area contributed by atoms with Crippen molar-refractivity contribution in [1.29, 1.82) is 0 Å². The first kappa shape index (κ1) is 19.3. The molecule has 2 rings (SSSR count). The predicted octanol–water partition coefficient (Wildman–Crippen LogP) is 3.77. The first-order valence-electron chi connectivity index (χ1n) is 8.10. The van der Waals surface area contributed by atoms with E-state index in [-0.39, 0.29) is 17.6 Å². The molecule has 6 heteroatoms. The smallest absolute Gasteiger partial charge is 0.248 e. The predicted molar refractivity (Wildman–Crippen MR) is 103 cm³/mol. The molecule has 0 atom stereocenters. The number of benzene rings is 2. The van der Waals surface area contributed by atoms with Crippen LogP contribution >= 0.6 is 23.4 Å². The van der Waals surface area contributed by atoms with Crippen LogP contribution in [0, 0.1) is 0 Å². The molecule has 0 radical (unpaired) electrons. The molecule has 132 valence electrons. The first-order chi connectivity index (χ1) is 12.1. The van der Waals surface area contributed by atoms with Crippen molar-refractivity contribution in [2.45, 2.75) is 31.1 Å². The first-order valence-corrected chi connectivity index (χ1v) is 9.47. The van der Waals surface area contributed by atoms with Crippen LogP contribution in [0.4, 0.5) is 0 Å². The van der Waals surface area contributed by atoms with Crippen molar-refractivity contribution in [3.8, 4) is 0 Å². The zero-order valence-corrected chi connectivity index (χ0v) is 15.6. The number of thioether (sulfide) groups is 1. The largest absolute Gasteiger partial charge is 0.273 e. The maximum absolute atomic E-state index is 11.8. The normalized spacial score (nSPS) is 10.3. The lowest BCUT2D eigenvalue weighted by Crippen LogP contribution is -2.42. The molecular weight excluding hydrogens is 356 g/mol. The van der Waals surface area contributed by atoms with Crippen LogP contribution in [0.2, 0.25) is 5.02 Å². The summed E-state index contributed by atoms with van der Waals surface area (Å²) in [6.45, 7) is 2.11. The van der Waals surface area contributed by atoms with Crippen LogP contribution in [0.15, 0.2) is 53.4 Å². The number of hydrogen-bond acceptors (Lipinski definition) is 3. The number of hydrogen-bond donors (Lipinski definition) is 2. The second kappa shape index (κ2) is 10.1. The van der Waals surface area contributed by atoms with E-state index in [0.29, 0.717) is 17.9 Å². The summed E-state index contributed by atoms with van der Waals surface area (Å²) in [5.41, 5.74) is 7.27. The van der Waals surface area contributed by atoms with Gasteiger partial charge in [0, 0.05) is 16.3 Å². The molecule has 0 aliphatic carbocycles. The molecule has 4 nitrogen and oxygen atoms in total. The van der Waals surface area contributed by atoms with E-state index in [1.165, 1.54) is 17.3 Å². The van der Waals surface area contributed by atoms with Gasteiger partial charge in [-0.25, -0.2) is 0 Å². The Labute approximate surface area is 157 Å². The molecule has 0 bridgehead atoms. The molecule has 2 aromatic rings. The van der Waals surface area contributed by atoms with E-state index in [0.717, 1.165) is 16.9 Å². The van der Waals surface area contributed by atoms with Crippen LogP contribution in [-0.4, -0.2) is 17.6 Å². The van der Waals surface area contributed by atoms with E-state index in [1.807, 2.05) is 24.3 Å². The van der Waals surface area contributed by atoms with Crippen molar-refractivity contribution in [1.82, 2.24) is 10.9 Å². The monoisotopic (exact) mass is 376 g/mol. The molecule has 2 aromatic carbocycles. The van der Waals surface area contributed by atoms with Crippen LogP contribution in [0.1, 0.15) is 24.5 Å². The summed E-state index contributed by atoms with van der Waals surface area (Å²) in [6, 6.07) is 15.5. The van der Waals surface area contributed by atoms with Gasteiger partial charge in [0.25, 0.3) is 0 Å². The molecule has 0 unspecified atom stereocenters. The SMILES string of the molecule is CCc1ccc(CCC(=O)NNC(=O)CSc2ccc(Cl)cc2)cc1. The Kier molecular flexibility index (Phi) is 7.82. The molecule has 2 amide bonds. The zero-order chi connectivity index (χ0) is 18.1. The number of rotatable bonds is 7. The summed E-state index contributed by atoms with van der Waals surface area (Å²) in [5, 5.41) is 0.658. The summed E-state index contributed by atoms with van der Waals surface area (Å²) in [5.74, 6) is -0.231. The van der Waals surface area contributed by atoms with Gasteiger partial charge in [0.2, 0.25) is 11.8 Å². The standard InChI is InChI=1S/C19H21ClN2O2S/c1-2-14-3-5-15(6-4-14)7-12-18(23)21-22-19(24)13-25-17-10-8-16(20)9-11-17/h3-6,8-11H,2,7,12-13H2,1H3,(H,21,23)(H,22,24). The Bertz CT molecular complexity index is 702. The fourth-order valence-corrected chi connectivity index (χ4v) is 2.94. The third kappa shape index (κ3) is 7.20. The highest BCUT2D eigenvalue weighted by molar-refractivity contribution is 8.00. The fraction of sp³-hybridized carbons (Fsp3) is 0.263. The molecular formula is C19H21ClN2O2S. The number of amides is 2. The molecule has 0 saturated carbocycles. The van der Waals surface area contributed by atoms with Crippen molar-refractivity contribution >= 4 is 35.2 Å². The topological polar surface area (TPSA) is 58.2 Å². The third-order valence-corrected chi connectivity index (χ3v) is 4.86. The lowest BCUT2D eigenvalue weighted by molar-refractivity contribution is -0.127. The zero-order valence-electron chi connectivity index (χ0n) is 14.0. The quantitative estimate of drug-likeness (QED) is 0.571. The highest BCUT2D eigenvalue weighted by Crippen LogP contribution is 2.19. The fourth-order valence-electron chi connectivity index (χ4n) is 2.12. The second-order valence-corrected chi connectivity index (χ2v) is 6.99. The van der Waals surface area contributed by atoms with E-state index in [2.05, 4.69) is 29.9 Å². The molecule has 25 heavy (non-hydrogen) atoms. The minimum absolute atomic E-state index is 0.204. The van der Waals surface area contributed by atoms with Gasteiger partial charge in [0.05, 0.1) is 5.75 Å². The molecule has 0 spiro atoms. The summed E-state index contributed by atoms with van der Waals surface area (Å²) in [6.07, 6.45) is 1.97. The molecule has 0 aliphatic heterocycles. The Hall–Kier alpha value is -1.98. The van der Waals surface area contributed by atoms with Crippen LogP contribution < -0.4 is 10.9 Å². The Morgan fingerprint density at radius 3 is 2.16 bits per heavy atom. The maximum atomic E-state index is 11.8. The second-order valence-electron chi connectivity index (χ2n) is 5.51. The number of hydrazine groups is 1. The van der Waals surface area contributed by atoms with Gasteiger partial charge in [-0.1, -0.05) is 42.8 Å². The lowest BCUT2D eigenvalue weighted by Gasteiger charge is -2.08. The van der Waals surface area contributed by atoms with Crippen molar-refractivity contribution in [3.05, 3.63) is 64.7 Å². The minimum Gasteiger partial charge on any atom is -0.273 e. The van der Waals surface area contributed by atoms with Gasteiger partial charge >= 0.3 is 0 Å². The minimum atomic E-state index is -0.249. The lowest BCUT2D eigenvalue weighted by atomic mass is 10.1. The Morgan fingerprint density at radius 2 is 1.52 bits per heavy atom. The van der Waals surface area contributed by atoms with Gasteiger partial charge in [-0.3, -0.25) is 20.4 Å². The average molecular weight is 377 g/mol. The van der Waals surface area contributed by atoms with Gasteiger partial charge in [-0.15, -0.1) is 11.8 Å². The van der Waals surface area contributed by atoms with Crippen molar-refractivity contribution < 1.29 is 9.59 Å². The molecule has 0 aromatic heterocycles. The number of nitrogens with one attached hydrogen (secondary N) is 2. The summed E-state index contributed by atoms with van der Waals surface area (Å²) in [4.78, 5) is 24.5.